The number of furan rings is 1. The van der Waals surface area contributed by atoms with Gasteiger partial charge in [-0.2, -0.15) is 0 Å². The Balaban J connectivity index is 1.68. The fourth-order valence-corrected chi connectivity index (χ4v) is 2.14. The minimum atomic E-state index is -0.313. The summed E-state index contributed by atoms with van der Waals surface area (Å²) < 4.78 is 4.95. The topological polar surface area (TPSA) is 82.8 Å². The molecule has 1 fully saturated rings. The molecule has 1 unspecified atom stereocenters. The summed E-state index contributed by atoms with van der Waals surface area (Å²) in [5, 5.41) is 11.6. The molecule has 0 bridgehead atoms. The molecule has 0 spiro atoms. The molecule has 0 radical (unpaired) electrons. The Morgan fingerprint density at radius 2 is 2.37 bits per heavy atom. The Morgan fingerprint density at radius 3 is 3.00 bits per heavy atom. The highest BCUT2D eigenvalue weighted by molar-refractivity contribution is 5.91. The lowest BCUT2D eigenvalue weighted by atomic mass is 10.1. The first-order valence-electron chi connectivity index (χ1n) is 6.41. The Morgan fingerprint density at radius 1 is 1.53 bits per heavy atom. The summed E-state index contributed by atoms with van der Waals surface area (Å²) in [7, 11) is 0. The SMILES string of the molecule is O=C(NCCC(=O)N1CCC(CO)C1)c1ccco1. The van der Waals surface area contributed by atoms with Crippen molar-refractivity contribution in [2.75, 3.05) is 26.2 Å². The van der Waals surface area contributed by atoms with E-state index in [9.17, 15) is 9.59 Å². The number of amides is 2. The highest BCUT2D eigenvalue weighted by Crippen LogP contribution is 2.15. The van der Waals surface area contributed by atoms with E-state index < -0.39 is 0 Å². The van der Waals surface area contributed by atoms with Crippen LogP contribution >= 0.6 is 0 Å². The molecule has 1 aromatic rings. The molecule has 1 saturated heterocycles. The van der Waals surface area contributed by atoms with Gasteiger partial charge in [0.25, 0.3) is 5.91 Å². The van der Waals surface area contributed by atoms with E-state index in [4.69, 9.17) is 9.52 Å². The predicted octanol–water partition coefficient (Wildman–Crippen LogP) is 0.240. The van der Waals surface area contributed by atoms with Crippen molar-refractivity contribution >= 4 is 11.8 Å². The largest absolute Gasteiger partial charge is 0.459 e. The van der Waals surface area contributed by atoms with Crippen LogP contribution in [0, 0.1) is 5.92 Å². The van der Waals surface area contributed by atoms with Gasteiger partial charge < -0.3 is 19.7 Å². The van der Waals surface area contributed by atoms with Crippen LogP contribution in [0.2, 0.25) is 0 Å². The molecule has 0 saturated carbocycles. The van der Waals surface area contributed by atoms with E-state index in [1.54, 1.807) is 17.0 Å². The summed E-state index contributed by atoms with van der Waals surface area (Å²) in [5.41, 5.74) is 0. The summed E-state index contributed by atoms with van der Waals surface area (Å²) in [4.78, 5) is 25.1. The third kappa shape index (κ3) is 3.57. The molecule has 6 nitrogen and oxygen atoms in total. The summed E-state index contributed by atoms with van der Waals surface area (Å²) in [6.07, 6.45) is 2.55. The molecular formula is C13H18N2O4. The molecule has 0 aromatic carbocycles. The van der Waals surface area contributed by atoms with Crippen LogP contribution in [0.1, 0.15) is 23.4 Å². The van der Waals surface area contributed by atoms with Gasteiger partial charge in [-0.1, -0.05) is 0 Å². The lowest BCUT2D eigenvalue weighted by Gasteiger charge is -2.16. The average Bonchev–Trinajstić information content (AvgIpc) is 3.09. The van der Waals surface area contributed by atoms with Crippen molar-refractivity contribution in [3.63, 3.8) is 0 Å². The van der Waals surface area contributed by atoms with Gasteiger partial charge in [0.1, 0.15) is 0 Å². The average molecular weight is 266 g/mol. The Kier molecular flexibility index (Phi) is 4.57. The van der Waals surface area contributed by atoms with Crippen molar-refractivity contribution in [3.05, 3.63) is 24.2 Å². The summed E-state index contributed by atoms with van der Waals surface area (Å²) in [5.74, 6) is 0.138. The number of carbonyl (C=O) groups is 2. The normalized spacial score (nSPS) is 18.6. The first kappa shape index (κ1) is 13.6. The molecule has 19 heavy (non-hydrogen) atoms. The van der Waals surface area contributed by atoms with Crippen LogP contribution in [0.5, 0.6) is 0 Å². The first-order valence-corrected chi connectivity index (χ1v) is 6.41. The number of carbonyl (C=O) groups excluding carboxylic acids is 2. The lowest BCUT2D eigenvalue weighted by molar-refractivity contribution is -0.130. The first-order chi connectivity index (χ1) is 9.20. The van der Waals surface area contributed by atoms with Crippen molar-refractivity contribution < 1.29 is 19.1 Å². The number of aliphatic hydroxyl groups is 1. The second-order valence-electron chi connectivity index (χ2n) is 4.66. The lowest BCUT2D eigenvalue weighted by Crippen LogP contribution is -2.33. The molecule has 104 valence electrons. The number of nitrogens with zero attached hydrogens (tertiary/aromatic N) is 1. The highest BCUT2D eigenvalue weighted by atomic mass is 16.3. The standard InChI is InChI=1S/C13H18N2O4/c16-9-10-4-6-15(8-10)12(17)3-5-14-13(18)11-2-1-7-19-11/h1-2,7,10,16H,3-6,8-9H2,(H,14,18). The van der Waals surface area contributed by atoms with Gasteiger partial charge in [-0.05, 0) is 18.6 Å². The third-order valence-corrected chi connectivity index (χ3v) is 3.27. The van der Waals surface area contributed by atoms with E-state index in [1.807, 2.05) is 0 Å². The van der Waals surface area contributed by atoms with Gasteiger partial charge in [0.2, 0.25) is 5.91 Å². The zero-order valence-corrected chi connectivity index (χ0v) is 10.7. The van der Waals surface area contributed by atoms with Crippen molar-refractivity contribution in [2.24, 2.45) is 5.92 Å². The summed E-state index contributed by atoms with van der Waals surface area (Å²) in [6.45, 7) is 1.72. The van der Waals surface area contributed by atoms with Crippen LogP contribution in [-0.4, -0.2) is 48.1 Å². The van der Waals surface area contributed by atoms with E-state index in [1.165, 1.54) is 6.26 Å². The zero-order chi connectivity index (χ0) is 13.7. The summed E-state index contributed by atoms with van der Waals surface area (Å²) in [6, 6.07) is 3.21. The number of likely N-dealkylation sites (tertiary alicyclic amines) is 1. The number of hydrogen-bond donors (Lipinski definition) is 2. The quantitative estimate of drug-likeness (QED) is 0.799. The number of nitrogens with one attached hydrogen (secondary N) is 1. The Labute approximate surface area is 111 Å². The van der Waals surface area contributed by atoms with Crippen LogP contribution in [-0.2, 0) is 4.79 Å². The van der Waals surface area contributed by atoms with Crippen LogP contribution in [0.25, 0.3) is 0 Å². The molecular weight excluding hydrogens is 248 g/mol. The highest BCUT2D eigenvalue weighted by Gasteiger charge is 2.25. The zero-order valence-electron chi connectivity index (χ0n) is 10.7. The minimum Gasteiger partial charge on any atom is -0.459 e. The van der Waals surface area contributed by atoms with Gasteiger partial charge in [0.15, 0.2) is 5.76 Å². The van der Waals surface area contributed by atoms with Gasteiger partial charge in [0, 0.05) is 38.6 Å². The number of aliphatic hydroxyl groups excluding tert-OH is 1. The number of hydrogen-bond acceptors (Lipinski definition) is 4. The monoisotopic (exact) mass is 266 g/mol. The van der Waals surface area contributed by atoms with Gasteiger partial charge >= 0.3 is 0 Å². The van der Waals surface area contributed by atoms with E-state index >= 15 is 0 Å². The Hall–Kier alpha value is -1.82. The second-order valence-corrected chi connectivity index (χ2v) is 4.66. The van der Waals surface area contributed by atoms with Crippen molar-refractivity contribution in [3.8, 4) is 0 Å². The molecule has 2 amide bonds. The van der Waals surface area contributed by atoms with Crippen molar-refractivity contribution in [2.45, 2.75) is 12.8 Å². The van der Waals surface area contributed by atoms with Gasteiger partial charge in [-0.15, -0.1) is 0 Å². The molecule has 2 heterocycles. The molecule has 1 aliphatic heterocycles. The fraction of sp³-hybridized carbons (Fsp3) is 0.538. The van der Waals surface area contributed by atoms with Crippen LogP contribution in [0.3, 0.4) is 0 Å². The van der Waals surface area contributed by atoms with Gasteiger partial charge in [0.05, 0.1) is 6.26 Å². The van der Waals surface area contributed by atoms with Crippen molar-refractivity contribution in [1.29, 1.82) is 0 Å². The number of rotatable bonds is 5. The maximum absolute atomic E-state index is 11.8. The van der Waals surface area contributed by atoms with E-state index in [0.717, 1.165) is 6.42 Å². The maximum atomic E-state index is 11.8. The predicted molar refractivity (Wildman–Crippen MR) is 67.4 cm³/mol. The van der Waals surface area contributed by atoms with E-state index in [0.29, 0.717) is 19.6 Å². The van der Waals surface area contributed by atoms with E-state index in [2.05, 4.69) is 5.32 Å². The minimum absolute atomic E-state index is 0.00990. The van der Waals surface area contributed by atoms with Crippen LogP contribution < -0.4 is 5.32 Å². The molecule has 1 aliphatic rings. The summed E-state index contributed by atoms with van der Waals surface area (Å²) >= 11 is 0. The second kappa shape index (κ2) is 6.38. The molecule has 1 atom stereocenters. The molecule has 0 aliphatic carbocycles. The third-order valence-electron chi connectivity index (χ3n) is 3.27. The molecule has 1 aromatic heterocycles. The fourth-order valence-electron chi connectivity index (χ4n) is 2.14. The van der Waals surface area contributed by atoms with E-state index in [-0.39, 0.29) is 36.5 Å². The smallest absolute Gasteiger partial charge is 0.286 e. The van der Waals surface area contributed by atoms with Crippen molar-refractivity contribution in [1.82, 2.24) is 10.2 Å². The van der Waals surface area contributed by atoms with Gasteiger partial charge in [-0.3, -0.25) is 9.59 Å². The maximum Gasteiger partial charge on any atom is 0.286 e. The van der Waals surface area contributed by atoms with Crippen LogP contribution in [0.4, 0.5) is 0 Å². The van der Waals surface area contributed by atoms with Gasteiger partial charge in [-0.25, -0.2) is 0 Å². The molecule has 2 rings (SSSR count). The molecule has 6 heteroatoms. The Bertz CT molecular complexity index is 430. The molecule has 2 N–H and O–H groups in total. The van der Waals surface area contributed by atoms with Crippen LogP contribution in [0.15, 0.2) is 22.8 Å².